The number of amides is 2. The van der Waals surface area contributed by atoms with Crippen molar-refractivity contribution in [2.75, 3.05) is 5.32 Å². The number of carbonyl (C=O) groups excluding carboxylic acids is 2. The average molecular weight is 392 g/mol. The van der Waals surface area contributed by atoms with Gasteiger partial charge in [0.2, 0.25) is 0 Å². The van der Waals surface area contributed by atoms with Crippen LogP contribution >= 0.6 is 11.3 Å². The third kappa shape index (κ3) is 4.07. The van der Waals surface area contributed by atoms with Gasteiger partial charge in [0, 0.05) is 22.2 Å². The number of nitrogens with one attached hydrogen (secondary N) is 2. The molecule has 1 aliphatic carbocycles. The van der Waals surface area contributed by atoms with E-state index in [1.54, 1.807) is 30.3 Å². The topological polar surface area (TPSA) is 78.4 Å². The zero-order valence-electron chi connectivity index (χ0n) is 15.4. The lowest BCUT2D eigenvalue weighted by Crippen LogP contribution is -2.25. The van der Waals surface area contributed by atoms with Gasteiger partial charge in [-0.05, 0) is 79.4 Å². The quantitative estimate of drug-likeness (QED) is 0.595. The number of hydrogen-bond acceptors (Lipinski definition) is 4. The molecule has 3 aromatic rings. The molecule has 1 fully saturated rings. The lowest BCUT2D eigenvalue weighted by Gasteiger charge is -2.10. The molecule has 1 saturated carbocycles. The molecule has 1 aromatic heterocycles. The summed E-state index contributed by atoms with van der Waals surface area (Å²) in [7, 11) is 0. The van der Waals surface area contributed by atoms with E-state index in [2.05, 4.69) is 10.6 Å². The molecule has 6 heteroatoms. The van der Waals surface area contributed by atoms with E-state index in [1.165, 1.54) is 11.3 Å². The first-order valence-corrected chi connectivity index (χ1v) is 9.93. The maximum Gasteiger partial charge on any atom is 0.265 e. The minimum Gasteiger partial charge on any atom is -0.508 e. The van der Waals surface area contributed by atoms with Crippen LogP contribution in [0.25, 0.3) is 10.4 Å². The third-order valence-corrected chi connectivity index (χ3v) is 5.78. The molecule has 2 aromatic carbocycles. The smallest absolute Gasteiger partial charge is 0.265 e. The summed E-state index contributed by atoms with van der Waals surface area (Å²) in [6.45, 7) is 1.90. The zero-order valence-corrected chi connectivity index (χ0v) is 16.2. The number of carbonyl (C=O) groups is 2. The maximum atomic E-state index is 12.7. The number of phenols is 1. The Bertz CT molecular complexity index is 1040. The highest BCUT2D eigenvalue weighted by molar-refractivity contribution is 7.17. The number of thiophene rings is 1. The monoisotopic (exact) mass is 392 g/mol. The van der Waals surface area contributed by atoms with Gasteiger partial charge in [0.1, 0.15) is 5.75 Å². The summed E-state index contributed by atoms with van der Waals surface area (Å²) in [6, 6.07) is 16.2. The van der Waals surface area contributed by atoms with E-state index in [0.717, 1.165) is 28.8 Å². The fraction of sp³-hybridized carbons (Fsp3) is 0.182. The van der Waals surface area contributed by atoms with Crippen LogP contribution in [-0.4, -0.2) is 23.0 Å². The number of anilines is 1. The van der Waals surface area contributed by atoms with Crippen molar-refractivity contribution in [2.45, 2.75) is 25.8 Å². The molecule has 5 nitrogen and oxygen atoms in total. The second kappa shape index (κ2) is 7.48. The van der Waals surface area contributed by atoms with Crippen LogP contribution in [0.5, 0.6) is 5.75 Å². The standard InChI is InChI=1S/C22H20N2O3S/c1-13-2-3-15(21(26)23-16-6-7-16)12-18(13)24-22(27)20-11-10-19(28-20)14-4-8-17(25)9-5-14/h2-5,8-12,16,25H,6-7H2,1H3,(H,23,26)(H,24,27). The molecule has 4 rings (SSSR count). The number of aromatic hydroxyl groups is 1. The molecule has 0 radical (unpaired) electrons. The summed E-state index contributed by atoms with van der Waals surface area (Å²) in [5, 5.41) is 15.3. The molecular weight excluding hydrogens is 372 g/mol. The minimum atomic E-state index is -0.210. The first-order chi connectivity index (χ1) is 13.5. The van der Waals surface area contributed by atoms with Gasteiger partial charge in [-0.1, -0.05) is 6.07 Å². The summed E-state index contributed by atoms with van der Waals surface area (Å²) in [5.41, 5.74) is 3.01. The van der Waals surface area contributed by atoms with E-state index < -0.39 is 0 Å². The molecule has 1 aliphatic rings. The lowest BCUT2D eigenvalue weighted by molar-refractivity contribution is 0.0949. The fourth-order valence-electron chi connectivity index (χ4n) is 2.82. The molecular formula is C22H20N2O3S. The molecule has 1 heterocycles. The first kappa shape index (κ1) is 18.3. The largest absolute Gasteiger partial charge is 0.508 e. The van der Waals surface area contributed by atoms with E-state index in [1.807, 2.05) is 31.2 Å². The Morgan fingerprint density at radius 3 is 2.46 bits per heavy atom. The molecule has 0 atom stereocenters. The van der Waals surface area contributed by atoms with Crippen molar-refractivity contribution in [3.05, 3.63) is 70.6 Å². The Hall–Kier alpha value is -3.12. The van der Waals surface area contributed by atoms with Crippen LogP contribution < -0.4 is 10.6 Å². The molecule has 28 heavy (non-hydrogen) atoms. The van der Waals surface area contributed by atoms with E-state index in [9.17, 15) is 14.7 Å². The average Bonchev–Trinajstić information content (AvgIpc) is 3.35. The molecule has 3 N–H and O–H groups in total. The first-order valence-electron chi connectivity index (χ1n) is 9.12. The second-order valence-electron chi connectivity index (χ2n) is 6.94. The molecule has 0 bridgehead atoms. The highest BCUT2D eigenvalue weighted by Gasteiger charge is 2.24. The van der Waals surface area contributed by atoms with E-state index >= 15 is 0 Å². The van der Waals surface area contributed by atoms with Gasteiger partial charge in [-0.2, -0.15) is 0 Å². The van der Waals surface area contributed by atoms with Crippen molar-refractivity contribution in [2.24, 2.45) is 0 Å². The van der Waals surface area contributed by atoms with Gasteiger partial charge in [-0.3, -0.25) is 9.59 Å². The minimum absolute atomic E-state index is 0.108. The van der Waals surface area contributed by atoms with Crippen LogP contribution in [0.15, 0.2) is 54.6 Å². The van der Waals surface area contributed by atoms with Gasteiger partial charge in [0.15, 0.2) is 0 Å². The van der Waals surface area contributed by atoms with Crippen LogP contribution in [0.4, 0.5) is 5.69 Å². The molecule has 142 valence electrons. The van der Waals surface area contributed by atoms with Gasteiger partial charge < -0.3 is 15.7 Å². The van der Waals surface area contributed by atoms with Crippen LogP contribution in [-0.2, 0) is 0 Å². The van der Waals surface area contributed by atoms with Gasteiger partial charge in [-0.25, -0.2) is 0 Å². The van der Waals surface area contributed by atoms with E-state index in [0.29, 0.717) is 16.1 Å². The van der Waals surface area contributed by atoms with E-state index in [4.69, 9.17) is 0 Å². The second-order valence-corrected chi connectivity index (χ2v) is 8.03. The Labute approximate surface area is 167 Å². The molecule has 2 amide bonds. The van der Waals surface area contributed by atoms with Gasteiger partial charge in [-0.15, -0.1) is 11.3 Å². The van der Waals surface area contributed by atoms with Crippen molar-refractivity contribution in [3.63, 3.8) is 0 Å². The zero-order chi connectivity index (χ0) is 19.7. The fourth-order valence-corrected chi connectivity index (χ4v) is 3.73. The highest BCUT2D eigenvalue weighted by Crippen LogP contribution is 2.30. The van der Waals surface area contributed by atoms with Crippen LogP contribution in [0.1, 0.15) is 38.4 Å². The predicted octanol–water partition coefficient (Wildman–Crippen LogP) is 4.57. The Morgan fingerprint density at radius 1 is 1.00 bits per heavy atom. The highest BCUT2D eigenvalue weighted by atomic mass is 32.1. The van der Waals surface area contributed by atoms with Gasteiger partial charge in [0.25, 0.3) is 11.8 Å². The summed E-state index contributed by atoms with van der Waals surface area (Å²) < 4.78 is 0. The maximum absolute atomic E-state index is 12.7. The van der Waals surface area contributed by atoms with Crippen LogP contribution in [0, 0.1) is 6.92 Å². The van der Waals surface area contributed by atoms with Gasteiger partial charge >= 0.3 is 0 Å². The number of phenolic OH excluding ortho intramolecular Hbond substituents is 1. The van der Waals surface area contributed by atoms with E-state index in [-0.39, 0.29) is 23.6 Å². The van der Waals surface area contributed by atoms with Crippen LogP contribution in [0.2, 0.25) is 0 Å². The van der Waals surface area contributed by atoms with Crippen molar-refractivity contribution in [1.29, 1.82) is 0 Å². The molecule has 0 spiro atoms. The number of rotatable bonds is 5. The number of hydrogen-bond donors (Lipinski definition) is 3. The number of benzene rings is 2. The SMILES string of the molecule is Cc1ccc(C(=O)NC2CC2)cc1NC(=O)c1ccc(-c2ccc(O)cc2)s1. The Morgan fingerprint density at radius 2 is 1.75 bits per heavy atom. The van der Waals surface area contributed by atoms with Crippen molar-refractivity contribution in [1.82, 2.24) is 5.32 Å². The third-order valence-electron chi connectivity index (χ3n) is 4.64. The summed E-state index contributed by atoms with van der Waals surface area (Å²) in [4.78, 5) is 26.5. The Balaban J connectivity index is 1.50. The summed E-state index contributed by atoms with van der Waals surface area (Å²) in [5.74, 6) is -0.110. The Kier molecular flexibility index (Phi) is 4.88. The normalized spacial score (nSPS) is 13.2. The predicted molar refractivity (Wildman–Crippen MR) is 111 cm³/mol. The molecule has 0 aliphatic heterocycles. The van der Waals surface area contributed by atoms with Crippen molar-refractivity contribution >= 4 is 28.8 Å². The van der Waals surface area contributed by atoms with Crippen molar-refractivity contribution < 1.29 is 14.7 Å². The number of aryl methyl sites for hydroxylation is 1. The molecule has 0 saturated heterocycles. The van der Waals surface area contributed by atoms with Crippen molar-refractivity contribution in [3.8, 4) is 16.2 Å². The summed E-state index contributed by atoms with van der Waals surface area (Å²) >= 11 is 1.38. The van der Waals surface area contributed by atoms with Crippen LogP contribution in [0.3, 0.4) is 0 Å². The van der Waals surface area contributed by atoms with Gasteiger partial charge in [0.05, 0.1) is 4.88 Å². The lowest BCUT2D eigenvalue weighted by atomic mass is 10.1. The molecule has 0 unspecified atom stereocenters. The summed E-state index contributed by atoms with van der Waals surface area (Å²) in [6.07, 6.45) is 2.06.